The van der Waals surface area contributed by atoms with Gasteiger partial charge in [0.1, 0.15) is 0 Å². The summed E-state index contributed by atoms with van der Waals surface area (Å²) >= 11 is 5.97. The molecule has 2 aliphatic rings. The molecule has 1 fully saturated rings. The van der Waals surface area contributed by atoms with E-state index in [1.54, 1.807) is 10.6 Å². The second kappa shape index (κ2) is 8.48. The van der Waals surface area contributed by atoms with Crippen LogP contribution in [0.5, 0.6) is 0 Å². The second-order valence-corrected chi connectivity index (χ2v) is 8.78. The molecule has 0 bridgehead atoms. The topological polar surface area (TPSA) is 28.5 Å². The first-order valence-electron chi connectivity index (χ1n) is 10.8. The van der Waals surface area contributed by atoms with Gasteiger partial charge in [0.25, 0.3) is 5.56 Å². The normalized spacial score (nSPS) is 16.4. The van der Waals surface area contributed by atoms with E-state index in [1.807, 2.05) is 42.6 Å². The van der Waals surface area contributed by atoms with Crippen molar-refractivity contribution in [2.24, 2.45) is 0 Å². The van der Waals surface area contributed by atoms with Crippen LogP contribution in [-0.2, 0) is 6.42 Å². The summed E-state index contributed by atoms with van der Waals surface area (Å²) in [5, 5.41) is 0.679. The molecule has 0 saturated carbocycles. The van der Waals surface area contributed by atoms with E-state index in [-0.39, 0.29) is 12.2 Å². The van der Waals surface area contributed by atoms with E-state index in [4.69, 9.17) is 11.6 Å². The van der Waals surface area contributed by atoms with Gasteiger partial charge in [-0.3, -0.25) is 18.7 Å². The number of pyridine rings is 1. The second-order valence-electron chi connectivity index (χ2n) is 8.34. The van der Waals surface area contributed by atoms with Gasteiger partial charge >= 0.3 is 0 Å². The summed E-state index contributed by atoms with van der Waals surface area (Å²) in [5.41, 5.74) is 5.25. The van der Waals surface area contributed by atoms with E-state index in [0.29, 0.717) is 17.5 Å². The molecule has 0 spiro atoms. The Labute approximate surface area is 186 Å². The Morgan fingerprint density at radius 3 is 2.55 bits per heavy atom. The molecule has 0 N–H and O–H groups in total. The Balaban J connectivity index is 1.34. The number of benzene rings is 2. The van der Waals surface area contributed by atoms with Gasteiger partial charge in [0, 0.05) is 54.8 Å². The van der Waals surface area contributed by atoms with Crippen LogP contribution in [0.1, 0.15) is 12.0 Å². The molecule has 2 aliphatic heterocycles. The molecule has 2 aromatic carbocycles. The lowest BCUT2D eigenvalue weighted by Crippen LogP contribution is -2.59. The fourth-order valence-corrected chi connectivity index (χ4v) is 4.79. The molecule has 1 aromatic heterocycles. The predicted molar refractivity (Wildman–Crippen MR) is 124 cm³/mol. The zero-order valence-corrected chi connectivity index (χ0v) is 18.1. The van der Waals surface area contributed by atoms with Gasteiger partial charge in [0.2, 0.25) is 0 Å². The first-order chi connectivity index (χ1) is 15.1. The highest BCUT2D eigenvalue weighted by molar-refractivity contribution is 6.30. The quantitative estimate of drug-likeness (QED) is 0.565. The van der Waals surface area contributed by atoms with E-state index in [2.05, 4.69) is 21.9 Å². The summed E-state index contributed by atoms with van der Waals surface area (Å²) in [6.45, 7) is 3.63. The van der Waals surface area contributed by atoms with Crippen molar-refractivity contribution < 1.29 is 4.39 Å². The van der Waals surface area contributed by atoms with Crippen molar-refractivity contribution in [3.63, 3.8) is 0 Å². The predicted octanol–water partition coefficient (Wildman–Crippen LogP) is 4.56. The van der Waals surface area contributed by atoms with E-state index in [0.717, 1.165) is 49.4 Å². The Kier molecular flexibility index (Phi) is 5.55. The Morgan fingerprint density at radius 2 is 1.81 bits per heavy atom. The zero-order valence-electron chi connectivity index (χ0n) is 17.3. The average molecular weight is 438 g/mol. The van der Waals surface area contributed by atoms with Crippen molar-refractivity contribution in [3.05, 3.63) is 81.7 Å². The van der Waals surface area contributed by atoms with Gasteiger partial charge in [-0.15, -0.1) is 0 Å². The number of halogens is 2. The van der Waals surface area contributed by atoms with Crippen LogP contribution < -0.4 is 10.5 Å². The first kappa shape index (κ1) is 20.3. The lowest BCUT2D eigenvalue weighted by molar-refractivity contribution is 0.140. The minimum absolute atomic E-state index is 0.0512. The Morgan fingerprint density at radius 1 is 1.00 bits per heavy atom. The molecule has 31 heavy (non-hydrogen) atoms. The molecule has 0 atom stereocenters. The first-order valence-corrected chi connectivity index (χ1v) is 11.2. The molecule has 1 saturated heterocycles. The molecule has 0 aliphatic carbocycles. The molecule has 3 heterocycles. The van der Waals surface area contributed by atoms with Gasteiger partial charge in [0.15, 0.2) is 0 Å². The van der Waals surface area contributed by atoms with Crippen molar-refractivity contribution in [2.45, 2.75) is 18.9 Å². The number of hydrogen-bond acceptors (Lipinski definition) is 3. The van der Waals surface area contributed by atoms with Crippen molar-refractivity contribution in [2.75, 3.05) is 37.8 Å². The van der Waals surface area contributed by atoms with Crippen molar-refractivity contribution in [1.82, 2.24) is 9.47 Å². The molecular weight excluding hydrogens is 413 g/mol. The van der Waals surface area contributed by atoms with Crippen LogP contribution in [0.4, 0.5) is 10.1 Å². The highest BCUT2D eigenvalue weighted by Crippen LogP contribution is 2.33. The summed E-state index contributed by atoms with van der Waals surface area (Å²) in [5.74, 6) is 0. The lowest BCUT2D eigenvalue weighted by atomic mass is 10.1. The Bertz CT molecular complexity index is 1140. The van der Waals surface area contributed by atoms with Gasteiger partial charge in [-0.25, -0.2) is 0 Å². The van der Waals surface area contributed by atoms with Crippen molar-refractivity contribution >= 4 is 17.3 Å². The standard InChI is InChI=1S/C25H25ClFN3O/c26-21-4-2-18(3-5-21)19-8-13-30(25(31)15-19)22-6-7-24-20(14-22)9-12-29(24)23-16-28(17-23)11-1-10-27/h2-8,13-15,23H,1,9-12,16-17H2. The van der Waals surface area contributed by atoms with Crippen LogP contribution in [0.15, 0.2) is 65.6 Å². The van der Waals surface area contributed by atoms with Gasteiger partial charge in [-0.1, -0.05) is 23.7 Å². The number of alkyl halides is 1. The third-order valence-corrected chi connectivity index (χ3v) is 6.61. The molecule has 4 nitrogen and oxygen atoms in total. The van der Waals surface area contributed by atoms with Crippen LogP contribution in [0.25, 0.3) is 16.8 Å². The van der Waals surface area contributed by atoms with E-state index >= 15 is 0 Å². The molecular formula is C25H25ClFN3O. The fourth-order valence-electron chi connectivity index (χ4n) is 4.66. The maximum Gasteiger partial charge on any atom is 0.255 e. The summed E-state index contributed by atoms with van der Waals surface area (Å²) in [7, 11) is 0. The average Bonchev–Trinajstić information content (AvgIpc) is 3.16. The highest BCUT2D eigenvalue weighted by Gasteiger charge is 2.34. The minimum Gasteiger partial charge on any atom is -0.365 e. The molecule has 160 valence electrons. The monoisotopic (exact) mass is 437 g/mol. The SMILES string of the molecule is O=c1cc(-c2ccc(Cl)cc2)ccn1-c1ccc2c(c1)CCN2C1CN(CCCF)C1. The molecule has 5 rings (SSSR count). The highest BCUT2D eigenvalue weighted by atomic mass is 35.5. The Hall–Kier alpha value is -2.63. The smallest absolute Gasteiger partial charge is 0.255 e. The van der Waals surface area contributed by atoms with Gasteiger partial charge in [-0.2, -0.15) is 0 Å². The molecule has 0 radical (unpaired) electrons. The fraction of sp³-hybridized carbons (Fsp3) is 0.320. The minimum atomic E-state index is -0.240. The maximum absolute atomic E-state index is 12.8. The maximum atomic E-state index is 12.8. The molecule has 0 unspecified atom stereocenters. The number of anilines is 1. The van der Waals surface area contributed by atoms with E-state index < -0.39 is 0 Å². The summed E-state index contributed by atoms with van der Waals surface area (Å²) < 4.78 is 14.1. The van der Waals surface area contributed by atoms with E-state index in [9.17, 15) is 9.18 Å². The molecule has 0 amide bonds. The van der Waals surface area contributed by atoms with Crippen LogP contribution >= 0.6 is 11.6 Å². The van der Waals surface area contributed by atoms with Crippen molar-refractivity contribution in [1.29, 1.82) is 0 Å². The number of aromatic nitrogens is 1. The summed E-state index contributed by atoms with van der Waals surface area (Å²) in [6.07, 6.45) is 3.45. The van der Waals surface area contributed by atoms with Crippen molar-refractivity contribution in [3.8, 4) is 16.8 Å². The lowest BCUT2D eigenvalue weighted by Gasteiger charge is -2.45. The van der Waals surface area contributed by atoms with Crippen LogP contribution in [0, 0.1) is 0 Å². The number of rotatable bonds is 6. The number of likely N-dealkylation sites (tertiary alicyclic amines) is 1. The van der Waals surface area contributed by atoms with Gasteiger partial charge in [0.05, 0.1) is 12.7 Å². The summed E-state index contributed by atoms with van der Waals surface area (Å²) in [6, 6.07) is 17.9. The van der Waals surface area contributed by atoms with Gasteiger partial charge < -0.3 is 4.90 Å². The third-order valence-electron chi connectivity index (χ3n) is 6.36. The van der Waals surface area contributed by atoms with Gasteiger partial charge in [-0.05, 0) is 65.9 Å². The van der Waals surface area contributed by atoms with Crippen LogP contribution in [-0.4, -0.2) is 48.4 Å². The van der Waals surface area contributed by atoms with E-state index in [1.165, 1.54) is 11.3 Å². The largest absolute Gasteiger partial charge is 0.365 e. The molecule has 3 aromatic rings. The third kappa shape index (κ3) is 4.00. The zero-order chi connectivity index (χ0) is 21.4. The summed E-state index contributed by atoms with van der Waals surface area (Å²) in [4.78, 5) is 17.6. The number of hydrogen-bond donors (Lipinski definition) is 0. The van der Waals surface area contributed by atoms with Crippen LogP contribution in [0.2, 0.25) is 5.02 Å². The van der Waals surface area contributed by atoms with Crippen LogP contribution in [0.3, 0.4) is 0 Å². The molecule has 6 heteroatoms. The number of nitrogens with zero attached hydrogens (tertiary/aromatic N) is 3. The number of fused-ring (bicyclic) bond motifs is 1.